The van der Waals surface area contributed by atoms with Crippen LogP contribution < -0.4 is 10.9 Å². The SMILES string of the molecule is C=C(C(=O)NNC(C)C(=O)OC)c1ccccc1. The van der Waals surface area contributed by atoms with E-state index in [0.717, 1.165) is 5.56 Å². The number of esters is 1. The number of methoxy groups -OCH3 is 1. The van der Waals surface area contributed by atoms with Crippen LogP contribution in [0.1, 0.15) is 12.5 Å². The van der Waals surface area contributed by atoms with Gasteiger partial charge in [0, 0.05) is 5.57 Å². The van der Waals surface area contributed by atoms with Crippen LogP contribution >= 0.6 is 0 Å². The summed E-state index contributed by atoms with van der Waals surface area (Å²) in [6.45, 7) is 5.28. The molecule has 0 saturated carbocycles. The van der Waals surface area contributed by atoms with Crippen molar-refractivity contribution < 1.29 is 14.3 Å². The number of carbonyl (C=O) groups is 2. The largest absolute Gasteiger partial charge is 0.468 e. The molecule has 18 heavy (non-hydrogen) atoms. The molecule has 0 fully saturated rings. The van der Waals surface area contributed by atoms with Crippen molar-refractivity contribution in [3.8, 4) is 0 Å². The zero-order valence-electron chi connectivity index (χ0n) is 10.4. The zero-order valence-corrected chi connectivity index (χ0v) is 10.4. The highest BCUT2D eigenvalue weighted by atomic mass is 16.5. The lowest BCUT2D eigenvalue weighted by Crippen LogP contribution is -2.47. The lowest BCUT2D eigenvalue weighted by molar-refractivity contribution is -0.143. The van der Waals surface area contributed by atoms with E-state index >= 15 is 0 Å². The van der Waals surface area contributed by atoms with Crippen molar-refractivity contribution in [3.63, 3.8) is 0 Å². The van der Waals surface area contributed by atoms with Gasteiger partial charge in [0.15, 0.2) is 0 Å². The molecule has 1 unspecified atom stereocenters. The third-order valence-corrected chi connectivity index (χ3v) is 2.35. The van der Waals surface area contributed by atoms with Gasteiger partial charge in [-0.25, -0.2) is 5.43 Å². The number of amides is 1. The van der Waals surface area contributed by atoms with E-state index in [4.69, 9.17) is 0 Å². The smallest absolute Gasteiger partial charge is 0.324 e. The van der Waals surface area contributed by atoms with Crippen molar-refractivity contribution in [3.05, 3.63) is 42.5 Å². The van der Waals surface area contributed by atoms with Crippen molar-refractivity contribution in [1.82, 2.24) is 10.9 Å². The molecule has 0 bridgehead atoms. The second-order valence-corrected chi connectivity index (χ2v) is 3.69. The van der Waals surface area contributed by atoms with Gasteiger partial charge < -0.3 is 4.74 Å². The standard InChI is InChI=1S/C13H16N2O3/c1-9(11-7-5-4-6-8-11)12(16)15-14-10(2)13(17)18-3/h4-8,10,14H,1H2,2-3H3,(H,15,16). The highest BCUT2D eigenvalue weighted by molar-refractivity contribution is 6.18. The molecule has 5 nitrogen and oxygen atoms in total. The maximum absolute atomic E-state index is 11.7. The quantitative estimate of drug-likeness (QED) is 0.461. The first-order valence-corrected chi connectivity index (χ1v) is 5.44. The molecule has 0 spiro atoms. The van der Waals surface area contributed by atoms with E-state index in [0.29, 0.717) is 5.57 Å². The maximum Gasteiger partial charge on any atom is 0.324 e. The average Bonchev–Trinajstić information content (AvgIpc) is 2.43. The number of nitrogens with one attached hydrogen (secondary N) is 2. The van der Waals surface area contributed by atoms with Crippen LogP contribution in [0.2, 0.25) is 0 Å². The lowest BCUT2D eigenvalue weighted by atomic mass is 10.1. The number of ether oxygens (including phenoxy) is 1. The molecule has 1 atom stereocenters. The Morgan fingerprint density at radius 2 is 1.89 bits per heavy atom. The number of rotatable bonds is 5. The summed E-state index contributed by atoms with van der Waals surface area (Å²) >= 11 is 0. The Morgan fingerprint density at radius 3 is 2.44 bits per heavy atom. The van der Waals surface area contributed by atoms with Crippen LogP contribution in [0.3, 0.4) is 0 Å². The van der Waals surface area contributed by atoms with E-state index in [1.807, 2.05) is 18.2 Å². The number of hydrazine groups is 1. The first kappa shape index (κ1) is 13.9. The minimum atomic E-state index is -0.623. The third kappa shape index (κ3) is 3.71. The molecule has 1 rings (SSSR count). The number of carbonyl (C=O) groups excluding carboxylic acids is 2. The van der Waals surface area contributed by atoms with Gasteiger partial charge in [-0.1, -0.05) is 36.9 Å². The first-order valence-electron chi connectivity index (χ1n) is 5.44. The second-order valence-electron chi connectivity index (χ2n) is 3.69. The van der Waals surface area contributed by atoms with Crippen LogP contribution in [-0.4, -0.2) is 25.0 Å². The van der Waals surface area contributed by atoms with E-state index in [-0.39, 0.29) is 0 Å². The van der Waals surface area contributed by atoms with Crippen LogP contribution in [0.4, 0.5) is 0 Å². The lowest BCUT2D eigenvalue weighted by Gasteiger charge is -2.13. The molecule has 0 aliphatic rings. The average molecular weight is 248 g/mol. The Morgan fingerprint density at radius 1 is 1.28 bits per heavy atom. The maximum atomic E-state index is 11.7. The van der Waals surface area contributed by atoms with Gasteiger partial charge in [-0.05, 0) is 12.5 Å². The summed E-state index contributed by atoms with van der Waals surface area (Å²) in [5, 5.41) is 0. The number of benzene rings is 1. The second kappa shape index (κ2) is 6.56. The fourth-order valence-electron chi connectivity index (χ4n) is 1.26. The molecule has 1 aromatic carbocycles. The first-order chi connectivity index (χ1) is 8.56. The van der Waals surface area contributed by atoms with Gasteiger partial charge in [0.05, 0.1) is 7.11 Å². The van der Waals surface area contributed by atoms with Crippen LogP contribution in [0, 0.1) is 0 Å². The normalized spacial score (nSPS) is 11.4. The van der Waals surface area contributed by atoms with Crippen molar-refractivity contribution >= 4 is 17.4 Å². The Bertz CT molecular complexity index is 443. The molecular weight excluding hydrogens is 232 g/mol. The van der Waals surface area contributed by atoms with Gasteiger partial charge >= 0.3 is 5.97 Å². The predicted molar refractivity (Wildman–Crippen MR) is 68.2 cm³/mol. The molecule has 2 N–H and O–H groups in total. The Labute approximate surface area is 106 Å². The monoisotopic (exact) mass is 248 g/mol. The summed E-state index contributed by atoms with van der Waals surface area (Å²) in [5.41, 5.74) is 6.00. The van der Waals surface area contributed by atoms with E-state index in [1.165, 1.54) is 7.11 Å². The molecule has 0 aromatic heterocycles. The van der Waals surface area contributed by atoms with Gasteiger partial charge in [-0.3, -0.25) is 15.0 Å². The topological polar surface area (TPSA) is 67.4 Å². The van der Waals surface area contributed by atoms with Crippen molar-refractivity contribution in [2.75, 3.05) is 7.11 Å². The van der Waals surface area contributed by atoms with Crippen molar-refractivity contribution in [1.29, 1.82) is 0 Å². The molecule has 0 heterocycles. The van der Waals surface area contributed by atoms with Crippen molar-refractivity contribution in [2.24, 2.45) is 0 Å². The van der Waals surface area contributed by atoms with E-state index in [1.54, 1.807) is 19.1 Å². The fraction of sp³-hybridized carbons (Fsp3) is 0.231. The van der Waals surface area contributed by atoms with Crippen LogP contribution in [0.15, 0.2) is 36.9 Å². The van der Waals surface area contributed by atoms with E-state index in [2.05, 4.69) is 22.2 Å². The zero-order chi connectivity index (χ0) is 13.5. The Hall–Kier alpha value is -2.14. The van der Waals surface area contributed by atoms with Gasteiger partial charge in [0.2, 0.25) is 0 Å². The van der Waals surface area contributed by atoms with Gasteiger partial charge in [0.25, 0.3) is 5.91 Å². The van der Waals surface area contributed by atoms with Crippen LogP contribution in [0.25, 0.3) is 5.57 Å². The summed E-state index contributed by atoms with van der Waals surface area (Å²) in [4.78, 5) is 22.8. The fourth-order valence-corrected chi connectivity index (χ4v) is 1.26. The van der Waals surface area contributed by atoms with E-state index < -0.39 is 17.9 Å². The predicted octanol–water partition coefficient (Wildman–Crippen LogP) is 0.882. The molecule has 1 amide bonds. The number of hydrogen-bond acceptors (Lipinski definition) is 4. The summed E-state index contributed by atoms with van der Waals surface area (Å²) in [6.07, 6.45) is 0. The molecular formula is C13H16N2O3. The highest BCUT2D eigenvalue weighted by Gasteiger charge is 2.14. The number of hydrogen-bond donors (Lipinski definition) is 2. The van der Waals surface area contributed by atoms with Crippen LogP contribution in [0.5, 0.6) is 0 Å². The summed E-state index contributed by atoms with van der Waals surface area (Å²) < 4.78 is 4.51. The highest BCUT2D eigenvalue weighted by Crippen LogP contribution is 2.10. The van der Waals surface area contributed by atoms with Gasteiger partial charge in [0.1, 0.15) is 6.04 Å². The molecule has 0 aliphatic heterocycles. The summed E-state index contributed by atoms with van der Waals surface area (Å²) in [7, 11) is 1.28. The minimum Gasteiger partial charge on any atom is -0.468 e. The third-order valence-electron chi connectivity index (χ3n) is 2.35. The van der Waals surface area contributed by atoms with Crippen molar-refractivity contribution in [2.45, 2.75) is 13.0 Å². The molecule has 0 radical (unpaired) electrons. The Kier molecular flexibility index (Phi) is 5.07. The Balaban J connectivity index is 2.52. The molecule has 5 heteroatoms. The summed E-state index contributed by atoms with van der Waals surface area (Å²) in [5.74, 6) is -0.849. The minimum absolute atomic E-state index is 0.320. The van der Waals surface area contributed by atoms with Crippen LogP contribution in [-0.2, 0) is 14.3 Å². The van der Waals surface area contributed by atoms with E-state index in [9.17, 15) is 9.59 Å². The van der Waals surface area contributed by atoms with Gasteiger partial charge in [-0.2, -0.15) is 0 Å². The molecule has 96 valence electrons. The molecule has 0 aliphatic carbocycles. The van der Waals surface area contributed by atoms with Gasteiger partial charge in [-0.15, -0.1) is 0 Å². The molecule has 0 saturated heterocycles. The summed E-state index contributed by atoms with van der Waals surface area (Å²) in [6, 6.07) is 8.43. The molecule has 1 aromatic rings.